The molecule has 6 rings (SSSR count). The van der Waals surface area contributed by atoms with Crippen LogP contribution in [0.15, 0.2) is 60.8 Å². The maximum absolute atomic E-state index is 13.3. The lowest BCUT2D eigenvalue weighted by Crippen LogP contribution is -2.33. The Kier molecular flexibility index (Phi) is 5.88. The first-order valence-electron chi connectivity index (χ1n) is 12.1. The van der Waals surface area contributed by atoms with Crippen LogP contribution in [0.4, 0.5) is 10.9 Å². The second-order valence-corrected chi connectivity index (χ2v) is 10.2. The van der Waals surface area contributed by atoms with Crippen LogP contribution in [0.25, 0.3) is 21.3 Å². The van der Waals surface area contributed by atoms with E-state index >= 15 is 0 Å². The predicted molar refractivity (Wildman–Crippen MR) is 147 cm³/mol. The molecule has 2 N–H and O–H groups in total. The fourth-order valence-corrected chi connectivity index (χ4v) is 5.71. The highest BCUT2D eigenvalue weighted by Crippen LogP contribution is 2.32. The molecule has 1 aliphatic heterocycles. The summed E-state index contributed by atoms with van der Waals surface area (Å²) in [7, 11) is 1.82. The van der Waals surface area contributed by atoms with Gasteiger partial charge in [0.25, 0.3) is 5.91 Å². The van der Waals surface area contributed by atoms with Crippen molar-refractivity contribution in [3.63, 3.8) is 0 Å². The van der Waals surface area contributed by atoms with Crippen LogP contribution in [0.5, 0.6) is 0 Å². The average Bonchev–Trinajstić information content (AvgIpc) is 3.49. The molecule has 0 unspecified atom stereocenters. The van der Waals surface area contributed by atoms with Gasteiger partial charge in [0.15, 0.2) is 10.8 Å². The molecular weight excluding hydrogens is 500 g/mol. The lowest BCUT2D eigenvalue weighted by atomic mass is 9.94. The monoisotopic (exact) mass is 524 g/mol. The van der Waals surface area contributed by atoms with E-state index in [1.165, 1.54) is 11.3 Å². The van der Waals surface area contributed by atoms with E-state index in [0.29, 0.717) is 41.6 Å². The molecule has 38 heavy (non-hydrogen) atoms. The van der Waals surface area contributed by atoms with Gasteiger partial charge >= 0.3 is 5.97 Å². The third-order valence-electron chi connectivity index (χ3n) is 6.96. The summed E-state index contributed by atoms with van der Waals surface area (Å²) in [5.74, 6) is -0.762. The highest BCUT2D eigenvalue weighted by Gasteiger charge is 2.25. The van der Waals surface area contributed by atoms with Gasteiger partial charge in [-0.15, -0.1) is 0 Å². The highest BCUT2D eigenvalue weighted by atomic mass is 32.1. The molecule has 5 aromatic rings. The quantitative estimate of drug-likeness (QED) is 0.336. The number of carboxylic acids is 1. The van der Waals surface area contributed by atoms with Gasteiger partial charge in [-0.25, -0.2) is 14.8 Å². The summed E-state index contributed by atoms with van der Waals surface area (Å²) < 4.78 is 2.71. The smallest absolute Gasteiger partial charge is 0.355 e. The van der Waals surface area contributed by atoms with Crippen molar-refractivity contribution in [3.8, 4) is 11.1 Å². The van der Waals surface area contributed by atoms with E-state index in [0.717, 1.165) is 32.6 Å². The first kappa shape index (κ1) is 23.8. The number of aromatic carboxylic acids is 1. The minimum Gasteiger partial charge on any atom is -0.476 e. The van der Waals surface area contributed by atoms with Crippen LogP contribution in [-0.4, -0.2) is 43.3 Å². The number of nitrogens with one attached hydrogen (secondary N) is 1. The van der Waals surface area contributed by atoms with Gasteiger partial charge in [0, 0.05) is 42.5 Å². The van der Waals surface area contributed by atoms with E-state index in [1.807, 2.05) is 67.4 Å². The van der Waals surface area contributed by atoms with E-state index in [9.17, 15) is 14.7 Å². The molecule has 0 spiro atoms. The lowest BCUT2D eigenvalue weighted by molar-refractivity contribution is 0.0691. The van der Waals surface area contributed by atoms with Gasteiger partial charge in [-0.1, -0.05) is 35.6 Å². The number of benzene rings is 2. The van der Waals surface area contributed by atoms with Crippen LogP contribution in [-0.2, 0) is 20.0 Å². The molecular formula is C28H24N6O3S. The van der Waals surface area contributed by atoms with Crippen molar-refractivity contribution in [2.75, 3.05) is 16.8 Å². The molecule has 0 saturated carbocycles. The third kappa shape index (κ3) is 4.18. The van der Waals surface area contributed by atoms with Crippen molar-refractivity contribution in [1.29, 1.82) is 0 Å². The number of thiazole rings is 1. The number of anilines is 2. The van der Waals surface area contributed by atoms with Crippen molar-refractivity contribution in [1.82, 2.24) is 19.7 Å². The van der Waals surface area contributed by atoms with Gasteiger partial charge < -0.3 is 10.0 Å². The summed E-state index contributed by atoms with van der Waals surface area (Å²) in [6.45, 7) is 2.99. The maximum atomic E-state index is 13.3. The number of fused-ring (bicyclic) bond motifs is 2. The van der Waals surface area contributed by atoms with E-state index in [2.05, 4.69) is 20.4 Å². The van der Waals surface area contributed by atoms with Crippen molar-refractivity contribution in [2.45, 2.75) is 19.9 Å². The number of nitrogens with zero attached hydrogens (tertiary/aromatic N) is 5. The first-order valence-corrected chi connectivity index (χ1v) is 13.0. The third-order valence-corrected chi connectivity index (χ3v) is 7.92. The SMILES string of the molecule is Cc1c(-c2ccc(N3CCc4cccc(C(=O)Nc5nc6ccccc6s5)c4C3)nc2C(=O)O)cnn1C. The van der Waals surface area contributed by atoms with Crippen molar-refractivity contribution in [3.05, 3.63) is 88.9 Å². The van der Waals surface area contributed by atoms with Gasteiger partial charge in [-0.05, 0) is 54.8 Å². The molecule has 0 atom stereocenters. The van der Waals surface area contributed by atoms with Crippen molar-refractivity contribution < 1.29 is 14.7 Å². The lowest BCUT2D eigenvalue weighted by Gasteiger charge is -2.31. The minimum absolute atomic E-state index is 0.0220. The Morgan fingerprint density at radius 3 is 2.63 bits per heavy atom. The number of carboxylic acid groups (broad SMARTS) is 1. The number of hydrogen-bond donors (Lipinski definition) is 2. The summed E-state index contributed by atoms with van der Waals surface area (Å²) in [6.07, 6.45) is 2.37. The zero-order chi connectivity index (χ0) is 26.4. The minimum atomic E-state index is -1.10. The fourth-order valence-electron chi connectivity index (χ4n) is 4.85. The van der Waals surface area contributed by atoms with Crippen LogP contribution in [0.3, 0.4) is 0 Å². The van der Waals surface area contributed by atoms with Crippen molar-refractivity contribution >= 4 is 44.4 Å². The molecule has 0 radical (unpaired) electrons. The highest BCUT2D eigenvalue weighted by molar-refractivity contribution is 7.22. The summed E-state index contributed by atoms with van der Waals surface area (Å²) in [6, 6.07) is 17.1. The molecule has 190 valence electrons. The van der Waals surface area contributed by atoms with Crippen LogP contribution >= 0.6 is 11.3 Å². The normalized spacial score (nSPS) is 12.9. The molecule has 10 heteroatoms. The van der Waals surface area contributed by atoms with E-state index in [-0.39, 0.29) is 11.6 Å². The Labute approximate surface area is 222 Å². The number of aryl methyl sites for hydroxylation is 1. The zero-order valence-electron chi connectivity index (χ0n) is 20.8. The molecule has 1 aliphatic rings. The topological polar surface area (TPSA) is 113 Å². The second kappa shape index (κ2) is 9.38. The molecule has 4 heterocycles. The van der Waals surface area contributed by atoms with Gasteiger partial charge in [0.2, 0.25) is 0 Å². The van der Waals surface area contributed by atoms with Gasteiger partial charge in [-0.2, -0.15) is 5.10 Å². The Bertz CT molecular complexity index is 1690. The average molecular weight is 525 g/mol. The standard InChI is InChI=1S/C28H24N6O3S/c1-16-20(14-29-33(16)2)18-10-11-24(31-25(18)27(36)37)34-13-12-17-6-5-7-19(21(17)15-34)26(35)32-28-30-22-8-3-4-9-23(22)38-28/h3-11,14H,12-13,15H2,1-2H3,(H,36,37)(H,30,32,35). The second-order valence-electron chi connectivity index (χ2n) is 9.19. The van der Waals surface area contributed by atoms with E-state index < -0.39 is 5.97 Å². The number of aromatic nitrogens is 4. The Hall–Kier alpha value is -4.57. The number of pyridine rings is 1. The van der Waals surface area contributed by atoms with Crippen LogP contribution < -0.4 is 10.2 Å². The Morgan fingerprint density at radius 2 is 1.87 bits per heavy atom. The number of rotatable bonds is 5. The van der Waals surface area contributed by atoms with Gasteiger partial charge in [-0.3, -0.25) is 14.8 Å². The zero-order valence-corrected chi connectivity index (χ0v) is 21.6. The molecule has 3 aromatic heterocycles. The summed E-state index contributed by atoms with van der Waals surface area (Å²) >= 11 is 1.44. The first-order chi connectivity index (χ1) is 18.4. The van der Waals surface area contributed by atoms with E-state index in [1.54, 1.807) is 16.9 Å². The summed E-state index contributed by atoms with van der Waals surface area (Å²) in [4.78, 5) is 36.6. The largest absolute Gasteiger partial charge is 0.476 e. The van der Waals surface area contributed by atoms with Crippen LogP contribution in [0.2, 0.25) is 0 Å². The fraction of sp³-hybridized carbons (Fsp3) is 0.179. The number of amides is 1. The van der Waals surface area contributed by atoms with Gasteiger partial charge in [0.1, 0.15) is 5.82 Å². The number of carbonyl (C=O) groups is 2. The van der Waals surface area contributed by atoms with E-state index in [4.69, 9.17) is 0 Å². The van der Waals surface area contributed by atoms with Crippen molar-refractivity contribution in [2.24, 2.45) is 7.05 Å². The number of hydrogen-bond acceptors (Lipinski definition) is 7. The molecule has 0 fully saturated rings. The number of carbonyl (C=O) groups excluding carboxylic acids is 1. The molecule has 1 amide bonds. The van der Waals surface area contributed by atoms with Gasteiger partial charge in [0.05, 0.1) is 16.4 Å². The predicted octanol–water partition coefficient (Wildman–Crippen LogP) is 4.91. The van der Waals surface area contributed by atoms with Crippen LogP contribution in [0.1, 0.15) is 37.7 Å². The molecule has 0 saturated heterocycles. The summed E-state index contributed by atoms with van der Waals surface area (Å²) in [5, 5.41) is 17.7. The maximum Gasteiger partial charge on any atom is 0.355 e. The van der Waals surface area contributed by atoms with Crippen LogP contribution in [0, 0.1) is 6.92 Å². The Balaban J connectivity index is 1.30. The summed E-state index contributed by atoms with van der Waals surface area (Å²) in [5.41, 5.74) is 5.53. The molecule has 0 bridgehead atoms. The Morgan fingerprint density at radius 1 is 1.03 bits per heavy atom. The molecule has 2 aromatic carbocycles. The number of para-hydroxylation sites is 1. The molecule has 0 aliphatic carbocycles. The molecule has 9 nitrogen and oxygen atoms in total.